The summed E-state index contributed by atoms with van der Waals surface area (Å²) in [6.45, 7) is 4.31. The van der Waals surface area contributed by atoms with E-state index < -0.39 is 10.0 Å². The SMILES string of the molecule is CCNS(=O)(=O)C1=CCC(C)(CCCCl)C=C1. The van der Waals surface area contributed by atoms with E-state index in [2.05, 4.69) is 11.6 Å². The summed E-state index contributed by atoms with van der Waals surface area (Å²) in [5, 5.41) is 0. The zero-order valence-electron chi connectivity index (χ0n) is 10.4. The van der Waals surface area contributed by atoms with E-state index in [0.29, 0.717) is 17.3 Å². The largest absolute Gasteiger partial charge is 0.240 e. The molecular weight excluding hydrogens is 258 g/mol. The average molecular weight is 278 g/mol. The van der Waals surface area contributed by atoms with Crippen LogP contribution in [0.1, 0.15) is 33.1 Å². The van der Waals surface area contributed by atoms with Gasteiger partial charge in [0, 0.05) is 12.4 Å². The molecule has 0 aromatic rings. The summed E-state index contributed by atoms with van der Waals surface area (Å²) >= 11 is 5.68. The van der Waals surface area contributed by atoms with Crippen LogP contribution in [-0.4, -0.2) is 20.8 Å². The number of allylic oxidation sites excluding steroid dienone is 3. The first-order chi connectivity index (χ1) is 7.93. The number of rotatable bonds is 6. The summed E-state index contributed by atoms with van der Waals surface area (Å²) in [5.41, 5.74) is 0.0418. The Hall–Kier alpha value is -0.320. The van der Waals surface area contributed by atoms with Crippen LogP contribution in [0.15, 0.2) is 23.1 Å². The van der Waals surface area contributed by atoms with Gasteiger partial charge in [0.2, 0.25) is 10.0 Å². The Morgan fingerprint density at radius 3 is 2.71 bits per heavy atom. The molecule has 0 spiro atoms. The van der Waals surface area contributed by atoms with Crippen molar-refractivity contribution >= 4 is 21.6 Å². The van der Waals surface area contributed by atoms with Crippen LogP contribution >= 0.6 is 11.6 Å². The first kappa shape index (κ1) is 14.7. The molecule has 1 N–H and O–H groups in total. The fourth-order valence-electron chi connectivity index (χ4n) is 1.88. The molecule has 0 heterocycles. The molecular formula is C12H20ClNO2S. The Labute approximate surface area is 109 Å². The summed E-state index contributed by atoms with van der Waals surface area (Å²) in [7, 11) is -3.31. The smallest absolute Gasteiger partial charge is 0.211 e. The van der Waals surface area contributed by atoms with Crippen LogP contribution in [0.5, 0.6) is 0 Å². The molecule has 0 aromatic heterocycles. The predicted octanol–water partition coefficient (Wildman–Crippen LogP) is 2.79. The third-order valence-electron chi connectivity index (χ3n) is 2.95. The third-order valence-corrected chi connectivity index (χ3v) is 4.81. The van der Waals surface area contributed by atoms with Crippen molar-refractivity contribution < 1.29 is 8.42 Å². The van der Waals surface area contributed by atoms with Gasteiger partial charge in [0.25, 0.3) is 0 Å². The van der Waals surface area contributed by atoms with E-state index in [0.717, 1.165) is 19.3 Å². The van der Waals surface area contributed by atoms with E-state index in [4.69, 9.17) is 11.6 Å². The summed E-state index contributed by atoms with van der Waals surface area (Å²) in [6, 6.07) is 0. The molecule has 1 rings (SSSR count). The lowest BCUT2D eigenvalue weighted by atomic mass is 9.80. The van der Waals surface area contributed by atoms with Crippen molar-refractivity contribution in [2.75, 3.05) is 12.4 Å². The average Bonchev–Trinajstić information content (AvgIpc) is 2.27. The van der Waals surface area contributed by atoms with Crippen molar-refractivity contribution in [2.45, 2.75) is 33.1 Å². The molecule has 1 atom stereocenters. The summed E-state index contributed by atoms with van der Waals surface area (Å²) < 4.78 is 26.0. The Morgan fingerprint density at radius 1 is 1.53 bits per heavy atom. The van der Waals surface area contributed by atoms with Crippen LogP contribution in [0.2, 0.25) is 0 Å². The molecule has 1 aliphatic carbocycles. The van der Waals surface area contributed by atoms with Crippen molar-refractivity contribution in [1.29, 1.82) is 0 Å². The molecule has 1 unspecified atom stereocenters. The third kappa shape index (κ3) is 4.12. The van der Waals surface area contributed by atoms with E-state index in [1.165, 1.54) is 0 Å². The fourth-order valence-corrected chi connectivity index (χ4v) is 3.11. The van der Waals surface area contributed by atoms with Crippen LogP contribution in [0.25, 0.3) is 0 Å². The second kappa shape index (κ2) is 6.03. The molecule has 0 aliphatic heterocycles. The van der Waals surface area contributed by atoms with Gasteiger partial charge in [0.05, 0.1) is 4.91 Å². The normalized spacial score (nSPS) is 24.8. The van der Waals surface area contributed by atoms with Crippen LogP contribution in [0.4, 0.5) is 0 Å². The van der Waals surface area contributed by atoms with Crippen LogP contribution in [-0.2, 0) is 10.0 Å². The lowest BCUT2D eigenvalue weighted by Crippen LogP contribution is -2.26. The molecule has 0 saturated carbocycles. The number of sulfonamides is 1. The minimum atomic E-state index is -3.31. The van der Waals surface area contributed by atoms with E-state index in [-0.39, 0.29) is 5.41 Å². The molecule has 0 radical (unpaired) electrons. The predicted molar refractivity (Wildman–Crippen MR) is 72.5 cm³/mol. The Morgan fingerprint density at radius 2 is 2.24 bits per heavy atom. The number of hydrogen-bond acceptors (Lipinski definition) is 2. The van der Waals surface area contributed by atoms with Gasteiger partial charge < -0.3 is 0 Å². The minimum Gasteiger partial charge on any atom is -0.211 e. The molecule has 17 heavy (non-hydrogen) atoms. The number of nitrogens with one attached hydrogen (secondary N) is 1. The molecule has 5 heteroatoms. The van der Waals surface area contributed by atoms with Crippen LogP contribution in [0.3, 0.4) is 0 Å². The minimum absolute atomic E-state index is 0.0418. The molecule has 0 bridgehead atoms. The van der Waals surface area contributed by atoms with Gasteiger partial charge in [-0.05, 0) is 30.8 Å². The lowest BCUT2D eigenvalue weighted by Gasteiger charge is -2.27. The van der Waals surface area contributed by atoms with Gasteiger partial charge >= 0.3 is 0 Å². The molecule has 0 saturated heterocycles. The Bertz CT molecular complexity index is 414. The number of hydrogen-bond donors (Lipinski definition) is 1. The summed E-state index contributed by atoms with van der Waals surface area (Å²) in [4.78, 5) is 0.377. The van der Waals surface area contributed by atoms with Gasteiger partial charge in [-0.1, -0.05) is 26.0 Å². The standard InChI is InChI=1S/C12H20ClNO2S/c1-3-14-17(15,16)11-5-8-12(2,9-6-11)7-4-10-13/h5-6,8,14H,3-4,7,9-10H2,1-2H3. The van der Waals surface area contributed by atoms with Crippen molar-refractivity contribution in [3.63, 3.8) is 0 Å². The second-order valence-corrected chi connectivity index (χ2v) is 6.74. The van der Waals surface area contributed by atoms with Gasteiger partial charge in [0.15, 0.2) is 0 Å². The molecule has 0 amide bonds. The first-order valence-electron chi connectivity index (χ1n) is 5.88. The van der Waals surface area contributed by atoms with Crippen molar-refractivity contribution in [3.05, 3.63) is 23.1 Å². The van der Waals surface area contributed by atoms with E-state index in [1.807, 2.05) is 6.08 Å². The molecule has 98 valence electrons. The fraction of sp³-hybridized carbons (Fsp3) is 0.667. The highest BCUT2D eigenvalue weighted by Crippen LogP contribution is 2.35. The molecule has 3 nitrogen and oxygen atoms in total. The van der Waals surface area contributed by atoms with E-state index >= 15 is 0 Å². The van der Waals surface area contributed by atoms with Crippen molar-refractivity contribution in [3.8, 4) is 0 Å². The Kier molecular flexibility index (Phi) is 5.22. The van der Waals surface area contributed by atoms with Crippen LogP contribution in [0, 0.1) is 5.41 Å². The molecule has 1 aliphatic rings. The highest BCUT2D eigenvalue weighted by atomic mass is 35.5. The Balaban J connectivity index is 2.72. The summed E-state index contributed by atoms with van der Waals surface area (Å²) in [6.07, 6.45) is 8.18. The molecule has 0 fully saturated rings. The maximum atomic E-state index is 11.8. The van der Waals surface area contributed by atoms with Crippen molar-refractivity contribution in [2.24, 2.45) is 5.41 Å². The van der Waals surface area contributed by atoms with Gasteiger partial charge in [-0.3, -0.25) is 0 Å². The maximum Gasteiger partial charge on any atom is 0.240 e. The zero-order valence-corrected chi connectivity index (χ0v) is 11.9. The quantitative estimate of drug-likeness (QED) is 0.759. The van der Waals surface area contributed by atoms with E-state index in [9.17, 15) is 8.42 Å². The van der Waals surface area contributed by atoms with Gasteiger partial charge in [-0.25, -0.2) is 13.1 Å². The van der Waals surface area contributed by atoms with Gasteiger partial charge in [-0.2, -0.15) is 0 Å². The monoisotopic (exact) mass is 277 g/mol. The van der Waals surface area contributed by atoms with E-state index in [1.54, 1.807) is 19.1 Å². The van der Waals surface area contributed by atoms with Crippen LogP contribution < -0.4 is 4.72 Å². The topological polar surface area (TPSA) is 46.2 Å². The summed E-state index contributed by atoms with van der Waals surface area (Å²) in [5.74, 6) is 0.649. The van der Waals surface area contributed by atoms with Gasteiger partial charge in [-0.15, -0.1) is 11.6 Å². The second-order valence-electron chi connectivity index (χ2n) is 4.59. The molecule has 0 aromatic carbocycles. The zero-order chi connectivity index (χ0) is 12.9. The highest BCUT2D eigenvalue weighted by molar-refractivity contribution is 7.93. The van der Waals surface area contributed by atoms with Crippen molar-refractivity contribution in [1.82, 2.24) is 4.72 Å². The number of halogens is 1. The number of alkyl halides is 1. The first-order valence-corrected chi connectivity index (χ1v) is 7.90. The maximum absolute atomic E-state index is 11.8. The lowest BCUT2D eigenvalue weighted by molar-refractivity contribution is 0.389. The highest BCUT2D eigenvalue weighted by Gasteiger charge is 2.25. The van der Waals surface area contributed by atoms with Gasteiger partial charge in [0.1, 0.15) is 0 Å².